The van der Waals surface area contributed by atoms with Gasteiger partial charge in [0.15, 0.2) is 5.82 Å². The summed E-state index contributed by atoms with van der Waals surface area (Å²) >= 11 is 3.20. The largest absolute Gasteiger partial charge is 0.383 e. The first-order chi connectivity index (χ1) is 8.56. The molecular weight excluding hydrogens is 302 g/mol. The number of carbonyl (C=O) groups is 1. The fourth-order valence-corrected chi connectivity index (χ4v) is 1.56. The number of aromatic nitrogens is 3. The number of hydrogen-bond acceptors (Lipinski definition) is 5. The normalized spacial score (nSPS) is 10.1. The first-order valence-corrected chi connectivity index (χ1v) is 5.63. The number of halogens is 1. The zero-order chi connectivity index (χ0) is 13.1. The summed E-state index contributed by atoms with van der Waals surface area (Å²) in [6, 6.07) is 4.19. The third kappa shape index (κ3) is 2.72. The lowest BCUT2D eigenvalue weighted by Gasteiger charge is -2.05. The molecule has 0 bridgehead atoms. The first-order valence-electron chi connectivity index (χ1n) is 4.84. The van der Waals surface area contributed by atoms with Gasteiger partial charge in [-0.15, -0.1) is 0 Å². The molecule has 0 atom stereocenters. The van der Waals surface area contributed by atoms with Gasteiger partial charge in [0, 0.05) is 16.7 Å². The molecule has 4 N–H and O–H groups in total. The number of nitrogens with one attached hydrogen (secondary N) is 2. The Morgan fingerprint density at radius 2 is 2.22 bits per heavy atom. The van der Waals surface area contributed by atoms with Crippen LogP contribution in [-0.2, 0) is 0 Å². The van der Waals surface area contributed by atoms with Gasteiger partial charge in [-0.1, -0.05) is 0 Å². The maximum absolute atomic E-state index is 11.9. The summed E-state index contributed by atoms with van der Waals surface area (Å²) in [5.74, 6) is -0.125. The monoisotopic (exact) mass is 309 g/mol. The molecule has 0 spiro atoms. The first kappa shape index (κ1) is 12.2. The van der Waals surface area contributed by atoms with Crippen LogP contribution in [0.4, 0.5) is 11.6 Å². The SMILES string of the molecule is Nc1ncc(Br)cc1C(=O)Nc1ccc(=O)[nH]n1. The Balaban J connectivity index is 2.24. The van der Waals surface area contributed by atoms with Crippen LogP contribution in [0.1, 0.15) is 10.4 Å². The molecule has 0 saturated carbocycles. The Bertz CT molecular complexity index is 634. The Kier molecular flexibility index (Phi) is 3.38. The van der Waals surface area contributed by atoms with Crippen molar-refractivity contribution < 1.29 is 4.79 Å². The summed E-state index contributed by atoms with van der Waals surface area (Å²) in [7, 11) is 0. The van der Waals surface area contributed by atoms with Gasteiger partial charge in [0.1, 0.15) is 5.82 Å². The predicted octanol–water partition coefficient (Wildman–Crippen LogP) is 0.762. The second-order valence-corrected chi connectivity index (χ2v) is 4.26. The van der Waals surface area contributed by atoms with E-state index in [1.807, 2.05) is 0 Å². The maximum Gasteiger partial charge on any atom is 0.264 e. The number of rotatable bonds is 2. The molecule has 1 amide bonds. The van der Waals surface area contributed by atoms with Crippen LogP contribution in [0.5, 0.6) is 0 Å². The molecule has 2 aromatic heterocycles. The number of nitrogens with zero attached hydrogens (tertiary/aromatic N) is 2. The van der Waals surface area contributed by atoms with Gasteiger partial charge in [-0.3, -0.25) is 9.59 Å². The van der Waals surface area contributed by atoms with Gasteiger partial charge >= 0.3 is 0 Å². The molecule has 0 aromatic carbocycles. The van der Waals surface area contributed by atoms with E-state index in [1.54, 1.807) is 6.07 Å². The molecular formula is C10H8BrN5O2. The Hall–Kier alpha value is -2.22. The van der Waals surface area contributed by atoms with E-state index >= 15 is 0 Å². The number of nitrogen functional groups attached to an aromatic ring is 1. The molecule has 0 fully saturated rings. The second-order valence-electron chi connectivity index (χ2n) is 3.35. The lowest BCUT2D eigenvalue weighted by atomic mass is 10.2. The molecule has 0 radical (unpaired) electrons. The zero-order valence-electron chi connectivity index (χ0n) is 8.98. The van der Waals surface area contributed by atoms with Crippen LogP contribution in [0.2, 0.25) is 0 Å². The summed E-state index contributed by atoms with van der Waals surface area (Å²) in [5, 5.41) is 8.35. The molecule has 2 heterocycles. The van der Waals surface area contributed by atoms with Crippen LogP contribution < -0.4 is 16.6 Å². The van der Waals surface area contributed by atoms with Crippen LogP contribution >= 0.6 is 15.9 Å². The van der Waals surface area contributed by atoms with E-state index < -0.39 is 5.91 Å². The maximum atomic E-state index is 11.9. The minimum atomic E-state index is -0.458. The molecule has 0 aliphatic rings. The molecule has 2 rings (SSSR count). The smallest absolute Gasteiger partial charge is 0.264 e. The number of nitrogens with two attached hydrogens (primary N) is 1. The van der Waals surface area contributed by atoms with E-state index in [-0.39, 0.29) is 22.8 Å². The second kappa shape index (κ2) is 4.96. The molecule has 2 aromatic rings. The Morgan fingerprint density at radius 1 is 1.44 bits per heavy atom. The summed E-state index contributed by atoms with van der Waals surface area (Å²) in [4.78, 5) is 26.5. The molecule has 0 saturated heterocycles. The van der Waals surface area contributed by atoms with Crippen molar-refractivity contribution in [3.63, 3.8) is 0 Å². The lowest BCUT2D eigenvalue weighted by molar-refractivity contribution is 0.102. The molecule has 8 heteroatoms. The Labute approximate surface area is 110 Å². The fraction of sp³-hybridized carbons (Fsp3) is 0. The van der Waals surface area contributed by atoms with Gasteiger partial charge in [0.05, 0.1) is 5.56 Å². The Morgan fingerprint density at radius 3 is 2.89 bits per heavy atom. The average molecular weight is 310 g/mol. The third-order valence-corrected chi connectivity index (χ3v) is 2.48. The summed E-state index contributed by atoms with van der Waals surface area (Å²) in [6.07, 6.45) is 1.49. The topological polar surface area (TPSA) is 114 Å². The van der Waals surface area contributed by atoms with Crippen LogP contribution in [0, 0.1) is 0 Å². The highest BCUT2D eigenvalue weighted by Gasteiger charge is 2.12. The van der Waals surface area contributed by atoms with Gasteiger partial charge in [0.25, 0.3) is 11.5 Å². The van der Waals surface area contributed by atoms with Gasteiger partial charge in [-0.2, -0.15) is 5.10 Å². The van der Waals surface area contributed by atoms with Crippen LogP contribution in [-0.4, -0.2) is 21.1 Å². The summed E-state index contributed by atoms with van der Waals surface area (Å²) in [5.41, 5.74) is 5.47. The summed E-state index contributed by atoms with van der Waals surface area (Å²) < 4.78 is 0.635. The highest BCUT2D eigenvalue weighted by Crippen LogP contribution is 2.16. The van der Waals surface area contributed by atoms with Gasteiger partial charge < -0.3 is 11.1 Å². The number of amides is 1. The van der Waals surface area contributed by atoms with Crippen molar-refractivity contribution >= 4 is 33.5 Å². The van der Waals surface area contributed by atoms with Crippen LogP contribution in [0.3, 0.4) is 0 Å². The van der Waals surface area contributed by atoms with Gasteiger partial charge in [-0.05, 0) is 28.1 Å². The van der Waals surface area contributed by atoms with Crippen molar-refractivity contribution in [3.05, 3.63) is 44.8 Å². The lowest BCUT2D eigenvalue weighted by Crippen LogP contribution is -2.17. The number of carbonyl (C=O) groups excluding carboxylic acids is 1. The van der Waals surface area contributed by atoms with Crippen molar-refractivity contribution in [1.29, 1.82) is 0 Å². The molecule has 92 valence electrons. The number of H-pyrrole nitrogens is 1. The minimum Gasteiger partial charge on any atom is -0.383 e. The predicted molar refractivity (Wildman–Crippen MR) is 69.2 cm³/mol. The van der Waals surface area contributed by atoms with Crippen molar-refractivity contribution in [1.82, 2.24) is 15.2 Å². The quantitative estimate of drug-likeness (QED) is 0.758. The van der Waals surface area contributed by atoms with E-state index in [0.717, 1.165) is 0 Å². The minimum absolute atomic E-state index is 0.111. The third-order valence-electron chi connectivity index (χ3n) is 2.05. The van der Waals surface area contributed by atoms with Gasteiger partial charge in [0.2, 0.25) is 0 Å². The van der Waals surface area contributed by atoms with Crippen molar-refractivity contribution in [3.8, 4) is 0 Å². The van der Waals surface area contributed by atoms with E-state index in [2.05, 4.69) is 36.4 Å². The van der Waals surface area contributed by atoms with Crippen LogP contribution in [0.15, 0.2) is 33.7 Å². The van der Waals surface area contributed by atoms with Crippen molar-refractivity contribution in [2.75, 3.05) is 11.1 Å². The molecule has 7 nitrogen and oxygen atoms in total. The van der Waals surface area contributed by atoms with E-state index in [9.17, 15) is 9.59 Å². The standard InChI is InChI=1S/C10H8BrN5O2/c11-5-3-6(9(12)13-4-5)10(18)14-7-1-2-8(17)16-15-7/h1-4H,(H2,12,13)(H,16,17)(H,14,15,18). The number of anilines is 2. The highest BCUT2D eigenvalue weighted by molar-refractivity contribution is 9.10. The highest BCUT2D eigenvalue weighted by atomic mass is 79.9. The van der Waals surface area contributed by atoms with Crippen molar-refractivity contribution in [2.24, 2.45) is 0 Å². The van der Waals surface area contributed by atoms with E-state index in [1.165, 1.54) is 18.3 Å². The fourth-order valence-electron chi connectivity index (χ4n) is 1.23. The molecule has 0 aliphatic carbocycles. The zero-order valence-corrected chi connectivity index (χ0v) is 10.6. The van der Waals surface area contributed by atoms with Gasteiger partial charge in [-0.25, -0.2) is 10.1 Å². The summed E-state index contributed by atoms with van der Waals surface area (Å²) in [6.45, 7) is 0. The molecule has 0 unspecified atom stereocenters. The number of hydrogen-bond donors (Lipinski definition) is 3. The number of pyridine rings is 1. The molecule has 0 aliphatic heterocycles. The number of aromatic amines is 1. The van der Waals surface area contributed by atoms with E-state index in [0.29, 0.717) is 4.47 Å². The van der Waals surface area contributed by atoms with Crippen molar-refractivity contribution in [2.45, 2.75) is 0 Å². The van der Waals surface area contributed by atoms with E-state index in [4.69, 9.17) is 5.73 Å². The van der Waals surface area contributed by atoms with Crippen LogP contribution in [0.25, 0.3) is 0 Å². The average Bonchev–Trinajstić information content (AvgIpc) is 2.35. The molecule has 18 heavy (non-hydrogen) atoms.